The van der Waals surface area contributed by atoms with E-state index in [1.807, 2.05) is 36.4 Å². The summed E-state index contributed by atoms with van der Waals surface area (Å²) in [5, 5.41) is 19.5. The van der Waals surface area contributed by atoms with Crippen LogP contribution in [0.5, 0.6) is 0 Å². The molecular formula is C20H18ClN3S. The lowest BCUT2D eigenvalue weighted by Crippen LogP contribution is -2.24. The third-order valence-corrected chi connectivity index (χ3v) is 5.63. The maximum absolute atomic E-state index is 9.40. The molecule has 3 nitrogen and oxygen atoms in total. The van der Waals surface area contributed by atoms with Gasteiger partial charge in [0, 0.05) is 27.9 Å². The van der Waals surface area contributed by atoms with Crippen LogP contribution in [0.3, 0.4) is 0 Å². The molecule has 25 heavy (non-hydrogen) atoms. The van der Waals surface area contributed by atoms with Crippen molar-refractivity contribution in [2.75, 3.05) is 18.0 Å². The number of nitrogens with zero attached hydrogens (tertiary/aromatic N) is 3. The van der Waals surface area contributed by atoms with Crippen molar-refractivity contribution in [1.29, 1.82) is 10.5 Å². The van der Waals surface area contributed by atoms with Crippen LogP contribution in [-0.2, 0) is 0 Å². The Bertz CT molecular complexity index is 826. The molecule has 1 saturated heterocycles. The van der Waals surface area contributed by atoms with E-state index in [1.54, 1.807) is 11.8 Å². The summed E-state index contributed by atoms with van der Waals surface area (Å²) < 4.78 is 0. The van der Waals surface area contributed by atoms with Gasteiger partial charge in [0.1, 0.15) is 12.1 Å². The first-order valence-electron chi connectivity index (χ1n) is 8.38. The van der Waals surface area contributed by atoms with E-state index in [1.165, 1.54) is 12.8 Å². The average Bonchev–Trinajstić information content (AvgIpc) is 2.92. The second kappa shape index (κ2) is 8.30. The van der Waals surface area contributed by atoms with Crippen molar-refractivity contribution in [1.82, 2.24) is 0 Å². The summed E-state index contributed by atoms with van der Waals surface area (Å²) in [4.78, 5) is 4.43. The summed E-state index contributed by atoms with van der Waals surface area (Å²) in [6.45, 7) is 1.98. The maximum atomic E-state index is 9.40. The number of nitriles is 2. The number of halogens is 1. The van der Waals surface area contributed by atoms with Crippen molar-refractivity contribution in [2.24, 2.45) is 0 Å². The Labute approximate surface area is 157 Å². The highest BCUT2D eigenvalue weighted by atomic mass is 35.5. The minimum absolute atomic E-state index is 0.428. The van der Waals surface area contributed by atoms with E-state index in [2.05, 4.69) is 17.0 Å². The summed E-state index contributed by atoms with van der Waals surface area (Å²) in [7, 11) is 0. The molecule has 0 unspecified atom stereocenters. The normalized spacial score (nSPS) is 14.4. The first kappa shape index (κ1) is 17.7. The van der Waals surface area contributed by atoms with E-state index in [9.17, 15) is 10.5 Å². The van der Waals surface area contributed by atoms with Gasteiger partial charge in [-0.25, -0.2) is 0 Å². The quantitative estimate of drug-likeness (QED) is 0.706. The van der Waals surface area contributed by atoms with Crippen LogP contribution in [0.25, 0.3) is 0 Å². The molecule has 0 spiro atoms. The Morgan fingerprint density at radius 2 is 1.48 bits per heavy atom. The van der Waals surface area contributed by atoms with Gasteiger partial charge in [-0.3, -0.25) is 0 Å². The first-order valence-corrected chi connectivity index (χ1v) is 9.57. The van der Waals surface area contributed by atoms with Gasteiger partial charge in [0.2, 0.25) is 0 Å². The Kier molecular flexibility index (Phi) is 5.87. The van der Waals surface area contributed by atoms with Crippen LogP contribution in [-0.4, -0.2) is 13.1 Å². The Morgan fingerprint density at radius 1 is 0.880 bits per heavy atom. The lowest BCUT2D eigenvalue weighted by molar-refractivity contribution is 0.726. The fourth-order valence-corrected chi connectivity index (χ4v) is 4.14. The highest BCUT2D eigenvalue weighted by Gasteiger charge is 2.18. The van der Waals surface area contributed by atoms with Gasteiger partial charge >= 0.3 is 0 Å². The minimum atomic E-state index is 0.428. The van der Waals surface area contributed by atoms with Crippen LogP contribution in [0.1, 0.15) is 36.8 Å². The zero-order chi connectivity index (χ0) is 17.6. The molecule has 0 aromatic heterocycles. The molecule has 1 heterocycles. The standard InChI is InChI=1S/C20H18ClN3S/c21-17-5-7-18(8-6-17)25-20-12-16(14-23)15(13-22)11-19(20)24-9-3-1-2-4-10-24/h5-8,11-12H,1-4,9-10H2. The fraction of sp³-hybridized carbons (Fsp3) is 0.300. The minimum Gasteiger partial charge on any atom is -0.371 e. The predicted molar refractivity (Wildman–Crippen MR) is 102 cm³/mol. The van der Waals surface area contributed by atoms with Crippen LogP contribution in [0.4, 0.5) is 5.69 Å². The van der Waals surface area contributed by atoms with Gasteiger partial charge in [0.25, 0.3) is 0 Å². The van der Waals surface area contributed by atoms with Gasteiger partial charge in [-0.15, -0.1) is 0 Å². The summed E-state index contributed by atoms with van der Waals surface area (Å²) >= 11 is 7.59. The van der Waals surface area contributed by atoms with E-state index in [0.29, 0.717) is 16.1 Å². The SMILES string of the molecule is N#Cc1cc(Sc2ccc(Cl)cc2)c(N2CCCCCC2)cc1C#N. The van der Waals surface area contributed by atoms with Crippen molar-refractivity contribution >= 4 is 29.1 Å². The molecule has 5 heteroatoms. The highest BCUT2D eigenvalue weighted by Crippen LogP contribution is 2.38. The summed E-state index contributed by atoms with van der Waals surface area (Å²) in [6.07, 6.45) is 4.81. The predicted octanol–water partition coefficient (Wildman–Crippen LogP) is 5.61. The smallest absolute Gasteiger partial charge is 0.101 e. The van der Waals surface area contributed by atoms with Gasteiger partial charge in [-0.1, -0.05) is 36.2 Å². The van der Waals surface area contributed by atoms with Gasteiger partial charge in [-0.2, -0.15) is 10.5 Å². The molecule has 0 amide bonds. The van der Waals surface area contributed by atoms with Crippen molar-refractivity contribution in [3.05, 3.63) is 52.5 Å². The van der Waals surface area contributed by atoms with Crippen LogP contribution in [0, 0.1) is 22.7 Å². The molecule has 2 aromatic rings. The fourth-order valence-electron chi connectivity index (χ4n) is 3.02. The Hall–Kier alpha value is -2.14. The van der Waals surface area contributed by atoms with Crippen LogP contribution in [0.15, 0.2) is 46.2 Å². The molecular weight excluding hydrogens is 350 g/mol. The van der Waals surface area contributed by atoms with Gasteiger partial charge < -0.3 is 4.90 Å². The van der Waals surface area contributed by atoms with Crippen molar-refractivity contribution in [3.8, 4) is 12.1 Å². The lowest BCUT2D eigenvalue weighted by atomic mass is 10.1. The molecule has 3 rings (SSSR count). The highest BCUT2D eigenvalue weighted by molar-refractivity contribution is 7.99. The summed E-state index contributed by atoms with van der Waals surface area (Å²) in [5.41, 5.74) is 1.93. The van der Waals surface area contributed by atoms with Crippen molar-refractivity contribution < 1.29 is 0 Å². The van der Waals surface area contributed by atoms with E-state index >= 15 is 0 Å². The second-order valence-corrected chi connectivity index (χ2v) is 7.60. The summed E-state index contributed by atoms with van der Waals surface area (Å²) in [6, 6.07) is 15.7. The molecule has 2 aromatic carbocycles. The molecule has 0 saturated carbocycles. The largest absolute Gasteiger partial charge is 0.371 e. The number of hydrogen-bond donors (Lipinski definition) is 0. The van der Waals surface area contributed by atoms with Crippen LogP contribution >= 0.6 is 23.4 Å². The zero-order valence-corrected chi connectivity index (χ0v) is 15.4. The number of rotatable bonds is 3. The molecule has 1 aliphatic rings. The van der Waals surface area contributed by atoms with E-state index in [-0.39, 0.29) is 0 Å². The topological polar surface area (TPSA) is 50.8 Å². The number of anilines is 1. The molecule has 0 N–H and O–H groups in total. The molecule has 126 valence electrons. The third-order valence-electron chi connectivity index (χ3n) is 4.33. The van der Waals surface area contributed by atoms with Gasteiger partial charge in [-0.05, 0) is 49.2 Å². The maximum Gasteiger partial charge on any atom is 0.101 e. The molecule has 0 radical (unpaired) electrons. The van der Waals surface area contributed by atoms with Crippen LogP contribution < -0.4 is 4.90 Å². The van der Waals surface area contributed by atoms with E-state index in [0.717, 1.165) is 41.4 Å². The first-order chi connectivity index (χ1) is 12.2. The third kappa shape index (κ3) is 4.28. The zero-order valence-electron chi connectivity index (χ0n) is 13.8. The molecule has 1 fully saturated rings. The monoisotopic (exact) mass is 367 g/mol. The van der Waals surface area contributed by atoms with Crippen LogP contribution in [0.2, 0.25) is 5.02 Å². The van der Waals surface area contributed by atoms with Gasteiger partial charge in [0.05, 0.1) is 16.8 Å². The number of benzene rings is 2. The number of hydrogen-bond acceptors (Lipinski definition) is 4. The van der Waals surface area contributed by atoms with Gasteiger partial charge in [0.15, 0.2) is 0 Å². The van der Waals surface area contributed by atoms with Crippen molar-refractivity contribution in [3.63, 3.8) is 0 Å². The lowest BCUT2D eigenvalue weighted by Gasteiger charge is -2.25. The van der Waals surface area contributed by atoms with E-state index in [4.69, 9.17) is 11.6 Å². The molecule has 0 atom stereocenters. The second-order valence-electron chi connectivity index (χ2n) is 6.05. The molecule has 0 bridgehead atoms. The van der Waals surface area contributed by atoms with E-state index < -0.39 is 0 Å². The average molecular weight is 368 g/mol. The Morgan fingerprint density at radius 3 is 2.08 bits per heavy atom. The molecule has 1 aliphatic heterocycles. The molecule has 0 aliphatic carbocycles. The van der Waals surface area contributed by atoms with Crippen molar-refractivity contribution in [2.45, 2.75) is 35.5 Å². The summed E-state index contributed by atoms with van der Waals surface area (Å²) in [5.74, 6) is 0. The Balaban J connectivity index is 2.02.